The molecule has 0 amide bonds. The highest BCUT2D eigenvalue weighted by atomic mass is 79.9. The number of anilines is 1. The van der Waals surface area contributed by atoms with Gasteiger partial charge >= 0.3 is 0 Å². The van der Waals surface area contributed by atoms with E-state index >= 15 is 0 Å². The number of nitrogens with zero attached hydrogens (tertiary/aromatic N) is 1. The van der Waals surface area contributed by atoms with Crippen molar-refractivity contribution in [1.82, 2.24) is 0 Å². The zero-order valence-electron chi connectivity index (χ0n) is 10.9. The highest BCUT2D eigenvalue weighted by Crippen LogP contribution is 2.24. The van der Waals surface area contributed by atoms with E-state index in [2.05, 4.69) is 47.2 Å². The fourth-order valence-corrected chi connectivity index (χ4v) is 2.24. The summed E-state index contributed by atoms with van der Waals surface area (Å²) in [6.07, 6.45) is 0. The summed E-state index contributed by atoms with van der Waals surface area (Å²) >= 11 is 3.40. The Kier molecular flexibility index (Phi) is 4.24. The Hall–Kier alpha value is -1.79. The molecule has 1 unspecified atom stereocenters. The van der Waals surface area contributed by atoms with E-state index in [1.807, 2.05) is 36.4 Å². The number of hydrogen-bond donors (Lipinski definition) is 1. The topological polar surface area (TPSA) is 35.8 Å². The Morgan fingerprint density at radius 1 is 1.11 bits per heavy atom. The molecule has 1 atom stereocenters. The van der Waals surface area contributed by atoms with Crippen molar-refractivity contribution in [2.45, 2.75) is 19.9 Å². The summed E-state index contributed by atoms with van der Waals surface area (Å²) < 4.78 is 1.03. The Labute approximate surface area is 122 Å². The lowest BCUT2D eigenvalue weighted by molar-refractivity contribution is 0.976. The molecule has 0 heterocycles. The van der Waals surface area contributed by atoms with Gasteiger partial charge in [-0.1, -0.05) is 34.1 Å². The van der Waals surface area contributed by atoms with Crippen LogP contribution in [0.3, 0.4) is 0 Å². The number of halogens is 1. The molecule has 0 spiro atoms. The molecule has 2 aromatic carbocycles. The molecule has 2 aromatic rings. The molecule has 0 aromatic heterocycles. The van der Waals surface area contributed by atoms with Crippen LogP contribution in [0.15, 0.2) is 46.9 Å². The average Bonchev–Trinajstić information content (AvgIpc) is 2.42. The van der Waals surface area contributed by atoms with Gasteiger partial charge in [-0.3, -0.25) is 0 Å². The molecule has 2 rings (SSSR count). The van der Waals surface area contributed by atoms with Crippen molar-refractivity contribution in [3.05, 3.63) is 63.6 Å². The molecule has 0 aliphatic carbocycles. The quantitative estimate of drug-likeness (QED) is 0.888. The summed E-state index contributed by atoms with van der Waals surface area (Å²) in [6, 6.07) is 15.9. The van der Waals surface area contributed by atoms with Crippen LogP contribution in [0.1, 0.15) is 22.7 Å². The zero-order valence-corrected chi connectivity index (χ0v) is 12.5. The van der Waals surface area contributed by atoms with E-state index < -0.39 is 0 Å². The van der Waals surface area contributed by atoms with E-state index in [4.69, 9.17) is 0 Å². The summed E-state index contributed by atoms with van der Waals surface area (Å²) in [5.74, 6) is 0. The standard InChI is InChI=1S/C16H15BrN2/c1-11-4-3-5-15(12(11)2)16(10-18)19-14-8-6-13(17)7-9-14/h3-9,16,19H,1-2H3. The van der Waals surface area contributed by atoms with Crippen molar-refractivity contribution in [3.8, 4) is 6.07 Å². The van der Waals surface area contributed by atoms with Gasteiger partial charge in [-0.2, -0.15) is 5.26 Å². The fourth-order valence-electron chi connectivity index (χ4n) is 1.98. The Bertz CT molecular complexity index is 612. The molecule has 0 fully saturated rings. The largest absolute Gasteiger partial charge is 0.366 e. The Balaban J connectivity index is 2.28. The van der Waals surface area contributed by atoms with Gasteiger partial charge in [0, 0.05) is 10.2 Å². The first kappa shape index (κ1) is 13.6. The average molecular weight is 315 g/mol. The molecule has 0 radical (unpaired) electrons. The van der Waals surface area contributed by atoms with Crippen LogP contribution < -0.4 is 5.32 Å². The minimum Gasteiger partial charge on any atom is -0.366 e. The summed E-state index contributed by atoms with van der Waals surface area (Å²) in [5.41, 5.74) is 4.34. The van der Waals surface area contributed by atoms with Crippen LogP contribution in [-0.2, 0) is 0 Å². The van der Waals surface area contributed by atoms with Crippen LogP contribution in [0.25, 0.3) is 0 Å². The molecular formula is C16H15BrN2. The smallest absolute Gasteiger partial charge is 0.140 e. The number of nitrogens with one attached hydrogen (secondary N) is 1. The number of hydrogen-bond acceptors (Lipinski definition) is 2. The van der Waals surface area contributed by atoms with Gasteiger partial charge < -0.3 is 5.32 Å². The lowest BCUT2D eigenvalue weighted by Crippen LogP contribution is -2.10. The minimum absolute atomic E-state index is 0.332. The van der Waals surface area contributed by atoms with Crippen LogP contribution in [-0.4, -0.2) is 0 Å². The molecule has 0 saturated heterocycles. The van der Waals surface area contributed by atoms with Crippen LogP contribution >= 0.6 is 15.9 Å². The SMILES string of the molecule is Cc1cccc(C(C#N)Nc2ccc(Br)cc2)c1C. The molecular weight excluding hydrogens is 300 g/mol. The zero-order chi connectivity index (χ0) is 13.8. The maximum atomic E-state index is 9.39. The molecule has 0 aliphatic heterocycles. The van der Waals surface area contributed by atoms with E-state index in [0.717, 1.165) is 15.7 Å². The van der Waals surface area contributed by atoms with Gasteiger partial charge in [0.05, 0.1) is 6.07 Å². The second kappa shape index (κ2) is 5.90. The fraction of sp³-hybridized carbons (Fsp3) is 0.188. The highest BCUT2D eigenvalue weighted by Gasteiger charge is 2.13. The van der Waals surface area contributed by atoms with E-state index in [-0.39, 0.29) is 6.04 Å². The van der Waals surface area contributed by atoms with Gasteiger partial charge in [-0.25, -0.2) is 0 Å². The van der Waals surface area contributed by atoms with Crippen molar-refractivity contribution in [2.75, 3.05) is 5.32 Å². The van der Waals surface area contributed by atoms with Crippen LogP contribution in [0.5, 0.6) is 0 Å². The first-order valence-corrected chi connectivity index (χ1v) is 6.89. The van der Waals surface area contributed by atoms with Crippen molar-refractivity contribution < 1.29 is 0 Å². The van der Waals surface area contributed by atoms with Gasteiger partial charge in [-0.15, -0.1) is 0 Å². The third-order valence-corrected chi connectivity index (χ3v) is 3.77. The number of rotatable bonds is 3. The molecule has 96 valence electrons. The summed E-state index contributed by atoms with van der Waals surface area (Å²) in [4.78, 5) is 0. The lowest BCUT2D eigenvalue weighted by Gasteiger charge is -2.16. The van der Waals surface area contributed by atoms with Crippen molar-refractivity contribution in [2.24, 2.45) is 0 Å². The van der Waals surface area contributed by atoms with Crippen LogP contribution in [0.4, 0.5) is 5.69 Å². The number of benzene rings is 2. The van der Waals surface area contributed by atoms with E-state index in [0.29, 0.717) is 0 Å². The summed E-state index contributed by atoms with van der Waals surface area (Å²) in [5, 5.41) is 12.6. The monoisotopic (exact) mass is 314 g/mol. The maximum absolute atomic E-state index is 9.39. The molecule has 19 heavy (non-hydrogen) atoms. The van der Waals surface area contributed by atoms with Gasteiger partial charge in [0.15, 0.2) is 0 Å². The molecule has 0 saturated carbocycles. The van der Waals surface area contributed by atoms with Gasteiger partial charge in [-0.05, 0) is 54.8 Å². The number of aryl methyl sites for hydroxylation is 1. The lowest BCUT2D eigenvalue weighted by atomic mass is 9.98. The molecule has 1 N–H and O–H groups in total. The van der Waals surface area contributed by atoms with E-state index in [1.165, 1.54) is 11.1 Å². The van der Waals surface area contributed by atoms with Gasteiger partial charge in [0.2, 0.25) is 0 Å². The number of nitriles is 1. The van der Waals surface area contributed by atoms with Crippen molar-refractivity contribution in [1.29, 1.82) is 5.26 Å². The van der Waals surface area contributed by atoms with Gasteiger partial charge in [0.25, 0.3) is 0 Å². The van der Waals surface area contributed by atoms with E-state index in [9.17, 15) is 5.26 Å². The summed E-state index contributed by atoms with van der Waals surface area (Å²) in [6.45, 7) is 4.12. The normalized spacial score (nSPS) is 11.7. The third kappa shape index (κ3) is 3.15. The minimum atomic E-state index is -0.332. The van der Waals surface area contributed by atoms with Crippen LogP contribution in [0.2, 0.25) is 0 Å². The van der Waals surface area contributed by atoms with Crippen molar-refractivity contribution >= 4 is 21.6 Å². The Morgan fingerprint density at radius 2 is 1.79 bits per heavy atom. The Morgan fingerprint density at radius 3 is 2.42 bits per heavy atom. The van der Waals surface area contributed by atoms with Crippen molar-refractivity contribution in [3.63, 3.8) is 0 Å². The summed E-state index contributed by atoms with van der Waals surface area (Å²) in [7, 11) is 0. The first-order valence-electron chi connectivity index (χ1n) is 6.09. The predicted octanol–water partition coefficient (Wildman–Crippen LogP) is 4.74. The highest BCUT2D eigenvalue weighted by molar-refractivity contribution is 9.10. The second-order valence-electron chi connectivity index (χ2n) is 4.50. The molecule has 0 aliphatic rings. The van der Waals surface area contributed by atoms with Crippen LogP contribution in [0, 0.1) is 25.2 Å². The molecule has 2 nitrogen and oxygen atoms in total. The predicted molar refractivity (Wildman–Crippen MR) is 82.0 cm³/mol. The first-order chi connectivity index (χ1) is 9.11. The maximum Gasteiger partial charge on any atom is 0.140 e. The van der Waals surface area contributed by atoms with Gasteiger partial charge in [0.1, 0.15) is 6.04 Å². The van der Waals surface area contributed by atoms with E-state index in [1.54, 1.807) is 0 Å². The molecule has 3 heteroatoms. The second-order valence-corrected chi connectivity index (χ2v) is 5.42. The molecule has 0 bridgehead atoms. The third-order valence-electron chi connectivity index (χ3n) is 3.24.